The molecule has 1 aromatic rings. The quantitative estimate of drug-likeness (QED) is 0.772. The molecule has 2 amide bonds. The van der Waals surface area contributed by atoms with Gasteiger partial charge in [-0.15, -0.1) is 0 Å². The van der Waals surface area contributed by atoms with E-state index in [1.165, 1.54) is 0 Å². The molecule has 0 radical (unpaired) electrons. The summed E-state index contributed by atoms with van der Waals surface area (Å²) in [6.07, 6.45) is 1.62. The van der Waals surface area contributed by atoms with E-state index in [1.54, 1.807) is 17.9 Å². The van der Waals surface area contributed by atoms with Crippen LogP contribution in [0.15, 0.2) is 42.1 Å². The normalized spacial score (nSPS) is 18.4. The van der Waals surface area contributed by atoms with Gasteiger partial charge in [0, 0.05) is 6.54 Å². The lowest BCUT2D eigenvalue weighted by molar-refractivity contribution is -0.137. The van der Waals surface area contributed by atoms with E-state index in [0.29, 0.717) is 12.2 Å². The number of benzene rings is 1. The van der Waals surface area contributed by atoms with Gasteiger partial charge in [0.15, 0.2) is 0 Å². The first-order chi connectivity index (χ1) is 8.20. The largest absolute Gasteiger partial charge is 0.324 e. The zero-order chi connectivity index (χ0) is 12.3. The zero-order valence-electron chi connectivity index (χ0n) is 9.64. The fourth-order valence-electron chi connectivity index (χ4n) is 1.79. The van der Waals surface area contributed by atoms with Crippen LogP contribution in [0.1, 0.15) is 12.5 Å². The third kappa shape index (κ3) is 2.53. The fourth-order valence-corrected chi connectivity index (χ4v) is 1.79. The van der Waals surface area contributed by atoms with Crippen LogP contribution in [0.4, 0.5) is 0 Å². The van der Waals surface area contributed by atoms with Gasteiger partial charge < -0.3 is 10.2 Å². The number of hydrogen-bond acceptors (Lipinski definition) is 2. The van der Waals surface area contributed by atoms with Crippen molar-refractivity contribution in [3.05, 3.63) is 47.7 Å². The lowest BCUT2D eigenvalue weighted by Crippen LogP contribution is -2.49. The molecule has 1 aliphatic rings. The molecule has 0 aromatic heterocycles. The topological polar surface area (TPSA) is 49.4 Å². The lowest BCUT2D eigenvalue weighted by atomic mass is 10.2. The maximum atomic E-state index is 11.9. The predicted molar refractivity (Wildman–Crippen MR) is 63.8 cm³/mol. The van der Waals surface area contributed by atoms with Crippen molar-refractivity contribution in [2.75, 3.05) is 6.54 Å². The van der Waals surface area contributed by atoms with Crippen molar-refractivity contribution in [1.29, 1.82) is 0 Å². The summed E-state index contributed by atoms with van der Waals surface area (Å²) in [6.45, 7) is 2.31. The van der Waals surface area contributed by atoms with Crippen LogP contribution in [-0.4, -0.2) is 23.3 Å². The van der Waals surface area contributed by atoms with E-state index in [1.807, 2.05) is 30.3 Å². The van der Waals surface area contributed by atoms with E-state index in [0.717, 1.165) is 5.56 Å². The number of hydrogen-bond donors (Lipinski definition) is 1. The van der Waals surface area contributed by atoms with E-state index in [-0.39, 0.29) is 18.4 Å². The van der Waals surface area contributed by atoms with Gasteiger partial charge in [0.1, 0.15) is 12.2 Å². The Hall–Kier alpha value is -2.10. The molecule has 0 atom stereocenters. The highest BCUT2D eigenvalue weighted by Crippen LogP contribution is 2.10. The SMILES string of the molecule is CC=C1NC(=O)CN(Cc2ccccc2)C1=O. The second kappa shape index (κ2) is 4.82. The molecular formula is C13H14N2O2. The number of nitrogens with one attached hydrogen (secondary N) is 1. The average Bonchev–Trinajstić information content (AvgIpc) is 2.34. The van der Waals surface area contributed by atoms with Crippen LogP contribution in [0.2, 0.25) is 0 Å². The molecule has 1 heterocycles. The Morgan fingerprint density at radius 3 is 2.65 bits per heavy atom. The van der Waals surface area contributed by atoms with Crippen molar-refractivity contribution in [3.63, 3.8) is 0 Å². The summed E-state index contributed by atoms with van der Waals surface area (Å²) in [7, 11) is 0. The standard InChI is InChI=1S/C13H14N2O2/c1-2-11-13(17)15(9-12(16)14-11)8-10-6-4-3-5-7-10/h2-7H,8-9H2,1H3,(H,14,16). The number of carbonyl (C=O) groups is 2. The Kier molecular flexibility index (Phi) is 3.23. The molecule has 88 valence electrons. The van der Waals surface area contributed by atoms with Crippen LogP contribution in [0.25, 0.3) is 0 Å². The van der Waals surface area contributed by atoms with Gasteiger partial charge in [-0.25, -0.2) is 0 Å². The summed E-state index contributed by atoms with van der Waals surface area (Å²) in [5.74, 6) is -0.274. The molecule has 4 nitrogen and oxygen atoms in total. The van der Waals surface area contributed by atoms with Gasteiger partial charge in [-0.05, 0) is 12.5 Å². The van der Waals surface area contributed by atoms with Crippen molar-refractivity contribution in [2.45, 2.75) is 13.5 Å². The highest BCUT2D eigenvalue weighted by molar-refractivity contribution is 6.02. The number of rotatable bonds is 2. The minimum Gasteiger partial charge on any atom is -0.324 e. The van der Waals surface area contributed by atoms with Crippen molar-refractivity contribution < 1.29 is 9.59 Å². The van der Waals surface area contributed by atoms with E-state index in [4.69, 9.17) is 0 Å². The zero-order valence-corrected chi connectivity index (χ0v) is 9.64. The van der Waals surface area contributed by atoms with Crippen molar-refractivity contribution in [1.82, 2.24) is 10.2 Å². The summed E-state index contributed by atoms with van der Waals surface area (Å²) in [6, 6.07) is 9.64. The molecule has 1 fully saturated rings. The van der Waals surface area contributed by atoms with Gasteiger partial charge >= 0.3 is 0 Å². The van der Waals surface area contributed by atoms with Gasteiger partial charge in [0.2, 0.25) is 5.91 Å². The Bertz CT molecular complexity index is 466. The monoisotopic (exact) mass is 230 g/mol. The lowest BCUT2D eigenvalue weighted by Gasteiger charge is -2.28. The number of nitrogens with zero attached hydrogens (tertiary/aromatic N) is 1. The van der Waals surface area contributed by atoms with Crippen LogP contribution < -0.4 is 5.32 Å². The van der Waals surface area contributed by atoms with Crippen LogP contribution >= 0.6 is 0 Å². The van der Waals surface area contributed by atoms with Crippen molar-refractivity contribution >= 4 is 11.8 Å². The molecule has 0 spiro atoms. The Morgan fingerprint density at radius 1 is 1.29 bits per heavy atom. The second-order valence-corrected chi connectivity index (χ2v) is 3.90. The molecule has 17 heavy (non-hydrogen) atoms. The van der Waals surface area contributed by atoms with E-state index in [9.17, 15) is 9.59 Å². The number of piperazine rings is 1. The third-order valence-electron chi connectivity index (χ3n) is 2.63. The smallest absolute Gasteiger partial charge is 0.270 e. The molecule has 4 heteroatoms. The molecule has 1 aliphatic heterocycles. The van der Waals surface area contributed by atoms with Crippen LogP contribution in [0.5, 0.6) is 0 Å². The Labute approximate surface area is 99.9 Å². The molecule has 0 bridgehead atoms. The predicted octanol–water partition coefficient (Wildman–Crippen LogP) is 1.05. The first-order valence-electron chi connectivity index (χ1n) is 5.50. The summed E-state index contributed by atoms with van der Waals surface area (Å²) in [5.41, 5.74) is 1.38. The number of amides is 2. The van der Waals surface area contributed by atoms with Crippen LogP contribution in [0.3, 0.4) is 0 Å². The molecule has 1 aromatic carbocycles. The molecular weight excluding hydrogens is 216 g/mol. The van der Waals surface area contributed by atoms with Gasteiger partial charge in [-0.3, -0.25) is 9.59 Å². The van der Waals surface area contributed by atoms with E-state index >= 15 is 0 Å². The summed E-state index contributed by atoms with van der Waals surface area (Å²) < 4.78 is 0. The molecule has 2 rings (SSSR count). The van der Waals surface area contributed by atoms with Crippen LogP contribution in [0, 0.1) is 0 Å². The summed E-state index contributed by atoms with van der Waals surface area (Å²) >= 11 is 0. The molecule has 0 aliphatic carbocycles. The maximum absolute atomic E-state index is 11.9. The second-order valence-electron chi connectivity index (χ2n) is 3.90. The fraction of sp³-hybridized carbons (Fsp3) is 0.231. The minimum absolute atomic E-state index is 0.116. The average molecular weight is 230 g/mol. The van der Waals surface area contributed by atoms with Gasteiger partial charge in [-0.2, -0.15) is 0 Å². The first kappa shape index (κ1) is 11.4. The van der Waals surface area contributed by atoms with Crippen LogP contribution in [-0.2, 0) is 16.1 Å². The highest BCUT2D eigenvalue weighted by Gasteiger charge is 2.27. The molecule has 0 saturated carbocycles. The summed E-state index contributed by atoms with van der Waals surface area (Å²) in [4.78, 5) is 24.9. The van der Waals surface area contributed by atoms with E-state index < -0.39 is 0 Å². The summed E-state index contributed by atoms with van der Waals surface area (Å²) in [5, 5.41) is 2.56. The molecule has 1 N–H and O–H groups in total. The van der Waals surface area contributed by atoms with Crippen molar-refractivity contribution in [2.24, 2.45) is 0 Å². The number of carbonyl (C=O) groups excluding carboxylic acids is 2. The minimum atomic E-state index is -0.145. The Balaban J connectivity index is 2.15. The molecule has 0 unspecified atom stereocenters. The third-order valence-corrected chi connectivity index (χ3v) is 2.63. The van der Waals surface area contributed by atoms with Gasteiger partial charge in [0.25, 0.3) is 5.91 Å². The van der Waals surface area contributed by atoms with Crippen molar-refractivity contribution in [3.8, 4) is 0 Å². The van der Waals surface area contributed by atoms with E-state index in [2.05, 4.69) is 5.32 Å². The van der Waals surface area contributed by atoms with Gasteiger partial charge in [0.05, 0.1) is 0 Å². The number of allylic oxidation sites excluding steroid dienone is 1. The highest BCUT2D eigenvalue weighted by atomic mass is 16.2. The Morgan fingerprint density at radius 2 is 2.00 bits per heavy atom. The van der Waals surface area contributed by atoms with Gasteiger partial charge in [-0.1, -0.05) is 36.4 Å². The first-order valence-corrected chi connectivity index (χ1v) is 5.50. The maximum Gasteiger partial charge on any atom is 0.270 e. The molecule has 1 saturated heterocycles.